The number of hydrogen-bond donors (Lipinski definition) is 2. The normalized spacial score (nSPS) is 12.2. The molecule has 0 saturated heterocycles. The number of rotatable bonds is 3. The van der Waals surface area contributed by atoms with Gasteiger partial charge < -0.3 is 11.1 Å². The number of nitrogens with one attached hydrogen (secondary N) is 1. The number of nitrogens with two attached hydrogens (primary N) is 1. The minimum absolute atomic E-state index is 0.139. The number of nitrogens with zero attached hydrogens (tertiary/aromatic N) is 2. The maximum Gasteiger partial charge on any atom is 0.0724 e. The number of anilines is 2. The first-order valence-corrected chi connectivity index (χ1v) is 6.55. The fourth-order valence-electron chi connectivity index (χ4n) is 2.25. The van der Waals surface area contributed by atoms with E-state index >= 15 is 0 Å². The molecule has 0 aliphatic heterocycles. The summed E-state index contributed by atoms with van der Waals surface area (Å²) in [5.74, 6) is 0. The van der Waals surface area contributed by atoms with Crippen LogP contribution in [0.5, 0.6) is 0 Å². The van der Waals surface area contributed by atoms with Crippen molar-refractivity contribution in [2.45, 2.75) is 13.0 Å². The Morgan fingerprint density at radius 2 is 1.95 bits per heavy atom. The van der Waals surface area contributed by atoms with Gasteiger partial charge in [-0.15, -0.1) is 0 Å². The third kappa shape index (κ3) is 2.28. The summed E-state index contributed by atoms with van der Waals surface area (Å²) in [4.78, 5) is 8.44. The topological polar surface area (TPSA) is 63.8 Å². The zero-order valence-corrected chi connectivity index (χ0v) is 11.2. The van der Waals surface area contributed by atoms with Crippen LogP contribution in [0.3, 0.4) is 0 Å². The molecule has 0 amide bonds. The van der Waals surface area contributed by atoms with Crippen molar-refractivity contribution in [2.75, 3.05) is 11.1 Å². The van der Waals surface area contributed by atoms with E-state index in [0.29, 0.717) is 0 Å². The van der Waals surface area contributed by atoms with E-state index in [-0.39, 0.29) is 6.04 Å². The summed E-state index contributed by atoms with van der Waals surface area (Å²) in [6.07, 6.45) is 5.40. The molecule has 0 fully saturated rings. The highest BCUT2D eigenvalue weighted by atomic mass is 14.9. The largest absolute Gasteiger partial charge is 0.397 e. The third-order valence-corrected chi connectivity index (χ3v) is 3.38. The maximum atomic E-state index is 6.23. The smallest absolute Gasteiger partial charge is 0.0724 e. The highest BCUT2D eigenvalue weighted by Crippen LogP contribution is 2.30. The number of aromatic nitrogens is 2. The lowest BCUT2D eigenvalue weighted by molar-refractivity contribution is 0.877. The molecule has 20 heavy (non-hydrogen) atoms. The number of fused-ring (bicyclic) bond motifs is 1. The monoisotopic (exact) mass is 264 g/mol. The summed E-state index contributed by atoms with van der Waals surface area (Å²) in [6, 6.07) is 11.9. The van der Waals surface area contributed by atoms with Crippen molar-refractivity contribution in [2.24, 2.45) is 0 Å². The molecule has 1 aromatic carbocycles. The molecular weight excluding hydrogens is 248 g/mol. The summed E-state index contributed by atoms with van der Waals surface area (Å²) in [5, 5.41) is 4.39. The Hall–Kier alpha value is -2.62. The van der Waals surface area contributed by atoms with Crippen LogP contribution in [-0.4, -0.2) is 9.97 Å². The van der Waals surface area contributed by atoms with Gasteiger partial charge in [0.25, 0.3) is 0 Å². The van der Waals surface area contributed by atoms with Gasteiger partial charge in [0.05, 0.1) is 22.9 Å². The van der Waals surface area contributed by atoms with Crippen LogP contribution in [0.1, 0.15) is 18.5 Å². The van der Waals surface area contributed by atoms with Crippen molar-refractivity contribution >= 4 is 22.3 Å². The standard InChI is InChI=1S/C16H16N4/c1-11(12-4-2-8-18-10-12)20-15-7-6-14-13(16(15)17)5-3-9-19-14/h2-11,20H,17H2,1H3. The molecule has 0 aliphatic carbocycles. The molecule has 0 radical (unpaired) electrons. The molecule has 2 aromatic heterocycles. The van der Waals surface area contributed by atoms with Gasteiger partial charge in [-0.05, 0) is 42.8 Å². The summed E-state index contributed by atoms with van der Waals surface area (Å²) < 4.78 is 0. The maximum absolute atomic E-state index is 6.23. The summed E-state index contributed by atoms with van der Waals surface area (Å²) in [6.45, 7) is 2.09. The average molecular weight is 264 g/mol. The van der Waals surface area contributed by atoms with Crippen LogP contribution in [0, 0.1) is 0 Å². The minimum atomic E-state index is 0.139. The fourth-order valence-corrected chi connectivity index (χ4v) is 2.25. The minimum Gasteiger partial charge on any atom is -0.397 e. The van der Waals surface area contributed by atoms with Crippen LogP contribution in [0.4, 0.5) is 11.4 Å². The molecule has 3 aromatic rings. The van der Waals surface area contributed by atoms with Gasteiger partial charge in [0, 0.05) is 24.0 Å². The van der Waals surface area contributed by atoms with E-state index in [1.165, 1.54) is 0 Å². The molecule has 3 rings (SSSR count). The summed E-state index contributed by atoms with van der Waals surface area (Å²) in [7, 11) is 0. The van der Waals surface area contributed by atoms with E-state index in [1.54, 1.807) is 12.4 Å². The lowest BCUT2D eigenvalue weighted by Crippen LogP contribution is -2.08. The number of hydrogen-bond acceptors (Lipinski definition) is 4. The first-order chi connectivity index (χ1) is 9.75. The molecule has 1 unspecified atom stereocenters. The Balaban J connectivity index is 1.93. The van der Waals surface area contributed by atoms with Crippen molar-refractivity contribution in [1.29, 1.82) is 0 Å². The van der Waals surface area contributed by atoms with Crippen molar-refractivity contribution in [3.05, 3.63) is 60.6 Å². The molecule has 3 N–H and O–H groups in total. The SMILES string of the molecule is CC(Nc1ccc2ncccc2c1N)c1cccnc1. The Labute approximate surface area is 117 Å². The molecule has 0 aliphatic rings. The molecule has 100 valence electrons. The van der Waals surface area contributed by atoms with Crippen LogP contribution in [0.2, 0.25) is 0 Å². The number of nitrogen functional groups attached to an aromatic ring is 1. The second-order valence-corrected chi connectivity index (χ2v) is 4.75. The highest BCUT2D eigenvalue weighted by Gasteiger charge is 2.09. The Kier molecular flexibility index (Phi) is 3.21. The molecule has 4 nitrogen and oxygen atoms in total. The average Bonchev–Trinajstić information content (AvgIpc) is 2.51. The van der Waals surface area contributed by atoms with Crippen molar-refractivity contribution in [3.63, 3.8) is 0 Å². The van der Waals surface area contributed by atoms with Crippen molar-refractivity contribution in [3.8, 4) is 0 Å². The zero-order chi connectivity index (χ0) is 13.9. The van der Waals surface area contributed by atoms with E-state index in [4.69, 9.17) is 5.73 Å². The quantitative estimate of drug-likeness (QED) is 0.712. The number of pyridine rings is 2. The van der Waals surface area contributed by atoms with Crippen LogP contribution in [0.25, 0.3) is 10.9 Å². The van der Waals surface area contributed by atoms with Crippen molar-refractivity contribution < 1.29 is 0 Å². The van der Waals surface area contributed by atoms with Gasteiger partial charge >= 0.3 is 0 Å². The van der Waals surface area contributed by atoms with Gasteiger partial charge in [-0.25, -0.2) is 0 Å². The van der Waals surface area contributed by atoms with E-state index in [1.807, 2.05) is 42.6 Å². The van der Waals surface area contributed by atoms with E-state index in [9.17, 15) is 0 Å². The Morgan fingerprint density at radius 1 is 1.10 bits per heavy atom. The number of benzene rings is 1. The van der Waals surface area contributed by atoms with Crippen LogP contribution in [0.15, 0.2) is 55.0 Å². The molecule has 2 heterocycles. The molecule has 0 spiro atoms. The first kappa shape index (κ1) is 12.4. The molecule has 4 heteroatoms. The molecule has 1 atom stereocenters. The summed E-state index contributed by atoms with van der Waals surface area (Å²) in [5.41, 5.74) is 9.90. The lowest BCUT2D eigenvalue weighted by atomic mass is 10.1. The van der Waals surface area contributed by atoms with Gasteiger partial charge in [-0.1, -0.05) is 6.07 Å². The van der Waals surface area contributed by atoms with Crippen LogP contribution in [-0.2, 0) is 0 Å². The Morgan fingerprint density at radius 3 is 2.75 bits per heavy atom. The second-order valence-electron chi connectivity index (χ2n) is 4.75. The van der Waals surface area contributed by atoms with Crippen LogP contribution < -0.4 is 11.1 Å². The van der Waals surface area contributed by atoms with E-state index in [2.05, 4.69) is 22.2 Å². The predicted molar refractivity (Wildman–Crippen MR) is 82.4 cm³/mol. The van der Waals surface area contributed by atoms with Gasteiger partial charge in [-0.2, -0.15) is 0 Å². The predicted octanol–water partition coefficient (Wildman–Crippen LogP) is 3.39. The first-order valence-electron chi connectivity index (χ1n) is 6.55. The fraction of sp³-hybridized carbons (Fsp3) is 0.125. The van der Waals surface area contributed by atoms with Crippen molar-refractivity contribution in [1.82, 2.24) is 9.97 Å². The Bertz CT molecular complexity index is 725. The van der Waals surface area contributed by atoms with Crippen LogP contribution >= 0.6 is 0 Å². The second kappa shape index (κ2) is 5.17. The van der Waals surface area contributed by atoms with E-state index < -0.39 is 0 Å². The molecule has 0 saturated carbocycles. The molecular formula is C16H16N4. The molecule has 0 bridgehead atoms. The van der Waals surface area contributed by atoms with Gasteiger partial charge in [0.2, 0.25) is 0 Å². The highest BCUT2D eigenvalue weighted by molar-refractivity contribution is 5.96. The van der Waals surface area contributed by atoms with Gasteiger partial charge in [0.15, 0.2) is 0 Å². The lowest BCUT2D eigenvalue weighted by Gasteiger charge is -2.17. The third-order valence-electron chi connectivity index (χ3n) is 3.38. The van der Waals surface area contributed by atoms with Gasteiger partial charge in [-0.3, -0.25) is 9.97 Å². The van der Waals surface area contributed by atoms with E-state index in [0.717, 1.165) is 27.8 Å². The van der Waals surface area contributed by atoms with Gasteiger partial charge in [0.1, 0.15) is 0 Å². The summed E-state index contributed by atoms with van der Waals surface area (Å²) >= 11 is 0. The zero-order valence-electron chi connectivity index (χ0n) is 11.2.